The van der Waals surface area contributed by atoms with E-state index in [9.17, 15) is 9.18 Å². The maximum Gasteiger partial charge on any atom is 0.247 e. The van der Waals surface area contributed by atoms with Crippen molar-refractivity contribution in [2.45, 2.75) is 6.04 Å². The molecular formula is C20H17FN2O2. The van der Waals surface area contributed by atoms with Crippen LogP contribution in [-0.2, 0) is 4.79 Å². The Bertz CT molecular complexity index is 860. The van der Waals surface area contributed by atoms with Gasteiger partial charge in [0, 0.05) is 19.3 Å². The molecule has 0 aliphatic heterocycles. The van der Waals surface area contributed by atoms with Gasteiger partial charge in [0.15, 0.2) is 0 Å². The third kappa shape index (κ3) is 4.01. The molecule has 3 rings (SSSR count). The number of carbonyl (C=O) groups excluding carboxylic acids is 1. The van der Waals surface area contributed by atoms with Crippen molar-refractivity contribution < 1.29 is 13.6 Å². The maximum atomic E-state index is 13.7. The monoisotopic (exact) mass is 336 g/mol. The first-order valence-electron chi connectivity index (χ1n) is 7.80. The van der Waals surface area contributed by atoms with Crippen LogP contribution >= 0.6 is 0 Å². The minimum atomic E-state index is -0.495. The summed E-state index contributed by atoms with van der Waals surface area (Å²) in [4.78, 5) is 18.5. The molecular weight excluding hydrogens is 319 g/mol. The van der Waals surface area contributed by atoms with Crippen LogP contribution in [0, 0.1) is 5.82 Å². The number of halogens is 1. The number of hydrogen-bond donors (Lipinski definition) is 0. The number of rotatable bonds is 5. The fourth-order valence-corrected chi connectivity index (χ4v) is 2.59. The van der Waals surface area contributed by atoms with Gasteiger partial charge in [-0.1, -0.05) is 18.2 Å². The Morgan fingerprint density at radius 1 is 1.20 bits per heavy atom. The van der Waals surface area contributed by atoms with Gasteiger partial charge in [-0.3, -0.25) is 9.78 Å². The number of hydrogen-bond acceptors (Lipinski definition) is 3. The Morgan fingerprint density at radius 2 is 2.08 bits per heavy atom. The van der Waals surface area contributed by atoms with Gasteiger partial charge in [-0.05, 0) is 48.0 Å². The molecule has 0 fully saturated rings. The second kappa shape index (κ2) is 7.57. The summed E-state index contributed by atoms with van der Waals surface area (Å²) in [5.41, 5.74) is 1.32. The van der Waals surface area contributed by atoms with Crippen molar-refractivity contribution >= 4 is 12.0 Å². The van der Waals surface area contributed by atoms with E-state index in [2.05, 4.69) is 4.98 Å². The van der Waals surface area contributed by atoms with Gasteiger partial charge in [0.25, 0.3) is 0 Å². The highest BCUT2D eigenvalue weighted by molar-refractivity contribution is 5.91. The Balaban J connectivity index is 1.92. The number of aromatic nitrogens is 1. The zero-order valence-electron chi connectivity index (χ0n) is 13.7. The van der Waals surface area contributed by atoms with Crippen molar-refractivity contribution in [3.8, 4) is 0 Å². The molecule has 0 N–H and O–H groups in total. The van der Waals surface area contributed by atoms with E-state index >= 15 is 0 Å². The second-order valence-corrected chi connectivity index (χ2v) is 5.51. The number of likely N-dealkylation sites (N-methyl/N-ethyl adjacent to an activating group) is 1. The lowest BCUT2D eigenvalue weighted by atomic mass is 10.0. The van der Waals surface area contributed by atoms with E-state index in [0.29, 0.717) is 17.0 Å². The minimum Gasteiger partial charge on any atom is -0.465 e. The summed E-state index contributed by atoms with van der Waals surface area (Å²) in [6.07, 6.45) is 6.21. The van der Waals surface area contributed by atoms with Crippen LogP contribution < -0.4 is 0 Å². The van der Waals surface area contributed by atoms with Gasteiger partial charge in [-0.15, -0.1) is 0 Å². The predicted octanol–water partition coefficient (Wildman–Crippen LogP) is 4.07. The predicted molar refractivity (Wildman–Crippen MR) is 93.0 cm³/mol. The van der Waals surface area contributed by atoms with Crippen molar-refractivity contribution in [2.75, 3.05) is 7.05 Å². The summed E-state index contributed by atoms with van der Waals surface area (Å²) in [6, 6.07) is 14.7. The largest absolute Gasteiger partial charge is 0.465 e. The van der Waals surface area contributed by atoms with Crippen LogP contribution in [0.3, 0.4) is 0 Å². The summed E-state index contributed by atoms with van der Waals surface area (Å²) in [6.45, 7) is 0. The van der Waals surface area contributed by atoms with E-state index in [4.69, 9.17) is 4.42 Å². The van der Waals surface area contributed by atoms with Crippen LogP contribution in [0.5, 0.6) is 0 Å². The number of benzene rings is 1. The van der Waals surface area contributed by atoms with E-state index in [1.807, 2.05) is 12.1 Å². The molecule has 0 radical (unpaired) electrons. The lowest BCUT2D eigenvalue weighted by Gasteiger charge is -2.27. The number of carbonyl (C=O) groups is 1. The topological polar surface area (TPSA) is 46.3 Å². The molecule has 0 saturated carbocycles. The number of nitrogens with zero attached hydrogens (tertiary/aromatic N) is 2. The lowest BCUT2D eigenvalue weighted by molar-refractivity contribution is -0.126. The van der Waals surface area contributed by atoms with E-state index in [1.54, 1.807) is 49.7 Å². The van der Waals surface area contributed by atoms with Crippen molar-refractivity contribution in [3.05, 3.63) is 96.0 Å². The van der Waals surface area contributed by atoms with Gasteiger partial charge in [0.2, 0.25) is 5.91 Å². The number of pyridine rings is 1. The SMILES string of the molecule is CN(C(=O)C=Cc1ccco1)C(c1cccc(F)c1)c1ccccn1. The van der Waals surface area contributed by atoms with Gasteiger partial charge in [0.05, 0.1) is 18.0 Å². The summed E-state index contributed by atoms with van der Waals surface area (Å²) in [5.74, 6) is -0.0105. The molecule has 1 amide bonds. The fourth-order valence-electron chi connectivity index (χ4n) is 2.59. The molecule has 25 heavy (non-hydrogen) atoms. The molecule has 1 atom stereocenters. The van der Waals surface area contributed by atoms with E-state index in [0.717, 1.165) is 0 Å². The van der Waals surface area contributed by atoms with Gasteiger partial charge in [-0.25, -0.2) is 4.39 Å². The molecule has 5 heteroatoms. The van der Waals surface area contributed by atoms with E-state index in [1.165, 1.54) is 29.4 Å². The first-order valence-corrected chi connectivity index (χ1v) is 7.80. The Labute approximate surface area is 145 Å². The Morgan fingerprint density at radius 3 is 2.76 bits per heavy atom. The zero-order valence-corrected chi connectivity index (χ0v) is 13.7. The summed E-state index contributed by atoms with van der Waals surface area (Å²) >= 11 is 0. The van der Waals surface area contributed by atoms with Crippen LogP contribution in [0.15, 0.2) is 77.6 Å². The average Bonchev–Trinajstić information content (AvgIpc) is 3.14. The standard InChI is InChI=1S/C20H17FN2O2/c1-23(19(24)11-10-17-8-5-13-25-17)20(18-9-2-3-12-22-18)15-6-4-7-16(21)14-15/h2-14,20H,1H3. The molecule has 4 nitrogen and oxygen atoms in total. The van der Waals surface area contributed by atoms with E-state index in [-0.39, 0.29) is 11.7 Å². The summed E-state index contributed by atoms with van der Waals surface area (Å²) in [5, 5.41) is 0. The zero-order chi connectivity index (χ0) is 17.6. The highest BCUT2D eigenvalue weighted by atomic mass is 19.1. The average molecular weight is 336 g/mol. The van der Waals surface area contributed by atoms with Crippen LogP contribution in [0.2, 0.25) is 0 Å². The first kappa shape index (κ1) is 16.6. The third-order valence-electron chi connectivity index (χ3n) is 3.80. The maximum absolute atomic E-state index is 13.7. The molecule has 1 unspecified atom stereocenters. The van der Waals surface area contributed by atoms with Crippen molar-refractivity contribution in [2.24, 2.45) is 0 Å². The molecule has 1 aromatic carbocycles. The third-order valence-corrected chi connectivity index (χ3v) is 3.80. The molecule has 0 aliphatic rings. The fraction of sp³-hybridized carbons (Fsp3) is 0.100. The smallest absolute Gasteiger partial charge is 0.247 e. The Kier molecular flexibility index (Phi) is 5.04. The molecule has 0 spiro atoms. The molecule has 2 heterocycles. The molecule has 126 valence electrons. The van der Waals surface area contributed by atoms with Crippen LogP contribution in [-0.4, -0.2) is 22.8 Å². The first-order chi connectivity index (χ1) is 12.1. The van der Waals surface area contributed by atoms with Crippen molar-refractivity contribution in [1.82, 2.24) is 9.88 Å². The van der Waals surface area contributed by atoms with Gasteiger partial charge in [0.1, 0.15) is 11.6 Å². The van der Waals surface area contributed by atoms with Crippen molar-refractivity contribution in [1.29, 1.82) is 0 Å². The van der Waals surface area contributed by atoms with Gasteiger partial charge in [-0.2, -0.15) is 0 Å². The van der Waals surface area contributed by atoms with Gasteiger partial charge < -0.3 is 9.32 Å². The molecule has 3 aromatic rings. The normalized spacial score (nSPS) is 12.2. The summed E-state index contributed by atoms with van der Waals surface area (Å²) in [7, 11) is 1.67. The summed E-state index contributed by atoms with van der Waals surface area (Å²) < 4.78 is 18.9. The highest BCUT2D eigenvalue weighted by Gasteiger charge is 2.23. The van der Waals surface area contributed by atoms with E-state index < -0.39 is 6.04 Å². The quantitative estimate of drug-likeness (QED) is 0.660. The lowest BCUT2D eigenvalue weighted by Crippen LogP contribution is -2.31. The number of furan rings is 1. The van der Waals surface area contributed by atoms with Crippen molar-refractivity contribution in [3.63, 3.8) is 0 Å². The van der Waals surface area contributed by atoms with Crippen LogP contribution in [0.1, 0.15) is 23.1 Å². The number of amides is 1. The molecule has 2 aromatic heterocycles. The van der Waals surface area contributed by atoms with Gasteiger partial charge >= 0.3 is 0 Å². The highest BCUT2D eigenvalue weighted by Crippen LogP contribution is 2.27. The van der Waals surface area contributed by atoms with Crippen LogP contribution in [0.4, 0.5) is 4.39 Å². The van der Waals surface area contributed by atoms with Crippen LogP contribution in [0.25, 0.3) is 6.08 Å². The molecule has 0 aliphatic carbocycles. The molecule has 0 bridgehead atoms. The second-order valence-electron chi connectivity index (χ2n) is 5.51. The Hall–Kier alpha value is -3.21. The minimum absolute atomic E-state index is 0.240. The molecule has 0 saturated heterocycles.